The molecule has 1 fully saturated rings. The van der Waals surface area contributed by atoms with E-state index >= 15 is 0 Å². The highest BCUT2D eigenvalue weighted by Gasteiger charge is 2.12. The average molecular weight is 303 g/mol. The van der Waals surface area contributed by atoms with Crippen LogP contribution >= 0.6 is 11.3 Å². The minimum Gasteiger partial charge on any atom is -0.399 e. The lowest BCUT2D eigenvalue weighted by Crippen LogP contribution is -2.28. The number of likely N-dealkylation sites (tertiary alicyclic amines) is 1. The molecule has 0 atom stereocenters. The molecule has 1 aliphatic rings. The first-order valence-corrected chi connectivity index (χ1v) is 8.34. The second-order valence-corrected chi connectivity index (χ2v) is 6.65. The summed E-state index contributed by atoms with van der Waals surface area (Å²) in [5, 5.41) is 4.06. The van der Waals surface area contributed by atoms with Crippen molar-refractivity contribution in [1.82, 2.24) is 10.2 Å². The van der Waals surface area contributed by atoms with Gasteiger partial charge in [0.25, 0.3) is 5.91 Å². The third-order valence-electron chi connectivity index (χ3n) is 3.90. The number of nitrogens with two attached hydrogens (primary N) is 1. The third kappa shape index (κ3) is 3.54. The van der Waals surface area contributed by atoms with Crippen LogP contribution in [0.25, 0.3) is 10.1 Å². The van der Waals surface area contributed by atoms with Crippen molar-refractivity contribution >= 4 is 33.0 Å². The van der Waals surface area contributed by atoms with E-state index in [9.17, 15) is 4.79 Å². The summed E-state index contributed by atoms with van der Waals surface area (Å²) in [4.78, 5) is 15.4. The van der Waals surface area contributed by atoms with E-state index in [2.05, 4.69) is 10.2 Å². The molecule has 1 amide bonds. The molecule has 3 rings (SSSR count). The second kappa shape index (κ2) is 6.45. The van der Waals surface area contributed by atoms with Crippen LogP contribution < -0.4 is 11.1 Å². The molecule has 0 aliphatic carbocycles. The van der Waals surface area contributed by atoms with Gasteiger partial charge in [0.2, 0.25) is 0 Å². The van der Waals surface area contributed by atoms with Crippen molar-refractivity contribution in [2.24, 2.45) is 0 Å². The largest absolute Gasteiger partial charge is 0.399 e. The van der Waals surface area contributed by atoms with Crippen LogP contribution in [0.4, 0.5) is 5.69 Å². The first kappa shape index (κ1) is 14.4. The molecule has 2 heterocycles. The summed E-state index contributed by atoms with van der Waals surface area (Å²) < 4.78 is 1.10. The monoisotopic (exact) mass is 303 g/mol. The normalized spacial score (nSPS) is 15.6. The number of nitrogens with zero attached hydrogens (tertiary/aromatic N) is 1. The van der Waals surface area contributed by atoms with Gasteiger partial charge in [-0.2, -0.15) is 0 Å². The van der Waals surface area contributed by atoms with Gasteiger partial charge >= 0.3 is 0 Å². The maximum absolute atomic E-state index is 12.1. The molecule has 21 heavy (non-hydrogen) atoms. The molecule has 112 valence electrons. The number of hydrogen-bond donors (Lipinski definition) is 2. The minimum absolute atomic E-state index is 0.0243. The number of nitrogens with one attached hydrogen (secondary N) is 1. The highest BCUT2D eigenvalue weighted by molar-refractivity contribution is 7.20. The van der Waals surface area contributed by atoms with Gasteiger partial charge in [-0.25, -0.2) is 0 Å². The molecule has 4 nitrogen and oxygen atoms in total. The fraction of sp³-hybridized carbons (Fsp3) is 0.438. The average Bonchev–Trinajstić information content (AvgIpc) is 3.11. The first-order chi connectivity index (χ1) is 10.2. The molecule has 1 aromatic carbocycles. The van der Waals surface area contributed by atoms with E-state index < -0.39 is 0 Å². The van der Waals surface area contributed by atoms with Crippen LogP contribution in [0.15, 0.2) is 24.3 Å². The van der Waals surface area contributed by atoms with Crippen molar-refractivity contribution in [2.75, 3.05) is 31.9 Å². The number of nitrogen functional groups attached to an aromatic ring is 1. The van der Waals surface area contributed by atoms with Crippen molar-refractivity contribution < 1.29 is 4.79 Å². The lowest BCUT2D eigenvalue weighted by atomic mass is 10.2. The smallest absolute Gasteiger partial charge is 0.261 e. The second-order valence-electron chi connectivity index (χ2n) is 5.57. The summed E-state index contributed by atoms with van der Waals surface area (Å²) in [6.45, 7) is 4.26. The zero-order chi connectivity index (χ0) is 14.7. The Balaban J connectivity index is 1.51. The SMILES string of the molecule is Nc1ccc2sc(C(=O)NCCCN3CCCC3)cc2c1. The summed E-state index contributed by atoms with van der Waals surface area (Å²) in [6.07, 6.45) is 3.65. The lowest BCUT2D eigenvalue weighted by Gasteiger charge is -2.14. The Labute approximate surface area is 128 Å². The van der Waals surface area contributed by atoms with Gasteiger partial charge in [-0.3, -0.25) is 4.79 Å². The van der Waals surface area contributed by atoms with Crippen LogP contribution in [0.3, 0.4) is 0 Å². The Bertz CT molecular complexity index is 631. The van der Waals surface area contributed by atoms with E-state index in [0.29, 0.717) is 0 Å². The number of amides is 1. The molecular weight excluding hydrogens is 282 g/mol. The van der Waals surface area contributed by atoms with Crippen molar-refractivity contribution in [3.8, 4) is 0 Å². The number of carbonyl (C=O) groups excluding carboxylic acids is 1. The highest BCUT2D eigenvalue weighted by atomic mass is 32.1. The third-order valence-corrected chi connectivity index (χ3v) is 5.01. The van der Waals surface area contributed by atoms with Gasteiger partial charge in [0.05, 0.1) is 4.88 Å². The molecule has 1 aliphatic heterocycles. The van der Waals surface area contributed by atoms with Crippen LogP contribution in [0, 0.1) is 0 Å². The van der Waals surface area contributed by atoms with Crippen molar-refractivity contribution in [3.63, 3.8) is 0 Å². The molecule has 0 saturated carbocycles. The van der Waals surface area contributed by atoms with Gasteiger partial charge in [-0.15, -0.1) is 11.3 Å². The predicted molar refractivity (Wildman–Crippen MR) is 88.9 cm³/mol. The number of thiophene rings is 1. The Morgan fingerprint density at radius 1 is 1.29 bits per heavy atom. The minimum atomic E-state index is 0.0243. The molecule has 0 spiro atoms. The molecule has 2 aromatic rings. The van der Waals surface area contributed by atoms with Gasteiger partial charge in [-0.1, -0.05) is 0 Å². The number of hydrogen-bond acceptors (Lipinski definition) is 4. The van der Waals surface area contributed by atoms with Crippen LogP contribution in [0.2, 0.25) is 0 Å². The number of carbonyl (C=O) groups is 1. The predicted octanol–water partition coefficient (Wildman–Crippen LogP) is 2.70. The fourth-order valence-electron chi connectivity index (χ4n) is 2.77. The molecule has 1 saturated heterocycles. The van der Waals surface area contributed by atoms with Gasteiger partial charge in [0.15, 0.2) is 0 Å². The Kier molecular flexibility index (Phi) is 4.41. The number of benzene rings is 1. The van der Waals surface area contributed by atoms with E-state index in [0.717, 1.165) is 40.2 Å². The van der Waals surface area contributed by atoms with E-state index in [4.69, 9.17) is 5.73 Å². The maximum atomic E-state index is 12.1. The van der Waals surface area contributed by atoms with E-state index in [1.54, 1.807) is 0 Å². The zero-order valence-electron chi connectivity index (χ0n) is 12.1. The van der Waals surface area contributed by atoms with E-state index in [1.165, 1.54) is 37.3 Å². The molecule has 0 unspecified atom stereocenters. The Hall–Kier alpha value is -1.59. The summed E-state index contributed by atoms with van der Waals surface area (Å²) in [5.74, 6) is 0.0243. The van der Waals surface area contributed by atoms with Crippen LogP contribution in [-0.2, 0) is 0 Å². The van der Waals surface area contributed by atoms with Crippen molar-refractivity contribution in [3.05, 3.63) is 29.1 Å². The molecule has 0 bridgehead atoms. The molecule has 3 N–H and O–H groups in total. The summed E-state index contributed by atoms with van der Waals surface area (Å²) in [7, 11) is 0. The van der Waals surface area contributed by atoms with Gasteiger partial charge in [-0.05, 0) is 68.5 Å². The van der Waals surface area contributed by atoms with Crippen LogP contribution in [0.5, 0.6) is 0 Å². The Morgan fingerprint density at radius 2 is 2.10 bits per heavy atom. The van der Waals surface area contributed by atoms with Crippen LogP contribution in [0.1, 0.15) is 28.9 Å². The maximum Gasteiger partial charge on any atom is 0.261 e. The highest BCUT2D eigenvalue weighted by Crippen LogP contribution is 2.27. The van der Waals surface area contributed by atoms with Crippen molar-refractivity contribution in [2.45, 2.75) is 19.3 Å². The zero-order valence-corrected chi connectivity index (χ0v) is 12.9. The van der Waals surface area contributed by atoms with Gasteiger partial charge < -0.3 is 16.0 Å². The van der Waals surface area contributed by atoms with Crippen LogP contribution in [-0.4, -0.2) is 37.0 Å². The van der Waals surface area contributed by atoms with E-state index in [-0.39, 0.29) is 5.91 Å². The topological polar surface area (TPSA) is 58.4 Å². The molecular formula is C16H21N3OS. The van der Waals surface area contributed by atoms with Gasteiger partial charge in [0.1, 0.15) is 0 Å². The molecule has 0 radical (unpaired) electrons. The summed E-state index contributed by atoms with van der Waals surface area (Å²) >= 11 is 1.52. The van der Waals surface area contributed by atoms with Crippen molar-refractivity contribution in [1.29, 1.82) is 0 Å². The first-order valence-electron chi connectivity index (χ1n) is 7.52. The quantitative estimate of drug-likeness (QED) is 0.659. The summed E-state index contributed by atoms with van der Waals surface area (Å²) in [5.41, 5.74) is 6.50. The van der Waals surface area contributed by atoms with E-state index in [1.807, 2.05) is 24.3 Å². The number of rotatable bonds is 5. The Morgan fingerprint density at radius 3 is 2.90 bits per heavy atom. The molecule has 5 heteroatoms. The number of anilines is 1. The number of fused-ring (bicyclic) bond motifs is 1. The standard InChI is InChI=1S/C16H21N3OS/c17-13-4-5-14-12(10-13)11-15(21-14)16(20)18-6-3-9-19-7-1-2-8-19/h4-5,10-11H,1-3,6-9,17H2,(H,18,20). The fourth-order valence-corrected chi connectivity index (χ4v) is 3.73. The summed E-state index contributed by atoms with van der Waals surface area (Å²) in [6, 6.07) is 7.68. The molecule has 1 aromatic heterocycles. The lowest BCUT2D eigenvalue weighted by molar-refractivity contribution is 0.0956. The van der Waals surface area contributed by atoms with Gasteiger partial charge in [0, 0.05) is 16.9 Å².